The zero-order valence-electron chi connectivity index (χ0n) is 13.9. The maximum absolute atomic E-state index is 12.4. The van der Waals surface area contributed by atoms with Crippen molar-refractivity contribution in [2.75, 3.05) is 0 Å². The van der Waals surface area contributed by atoms with Crippen LogP contribution in [0, 0.1) is 20.8 Å². The zero-order valence-corrected chi connectivity index (χ0v) is 15.4. The minimum Gasteiger partial charge on any atom is -0.212 e. The smallest absolute Gasteiger partial charge is 0.212 e. The first-order valence-corrected chi connectivity index (χ1v) is 9.54. The summed E-state index contributed by atoms with van der Waals surface area (Å²) in [5.41, 5.74) is 5.04. The van der Waals surface area contributed by atoms with Gasteiger partial charge in [-0.2, -0.15) is 0 Å². The third-order valence-corrected chi connectivity index (χ3v) is 5.78. The van der Waals surface area contributed by atoms with E-state index in [2.05, 4.69) is 17.7 Å². The van der Waals surface area contributed by atoms with Crippen LogP contribution in [-0.4, -0.2) is 8.42 Å². The standard InChI is InChI=1S/C18H22ClNO2S/c1-12-9-14(3)17(10-13(12)2)15(4)20-23(21,22)11-16-7-5-6-8-18(16)19/h5-10,15,20H,11H2,1-4H3. The van der Waals surface area contributed by atoms with Gasteiger partial charge in [0.2, 0.25) is 10.0 Å². The van der Waals surface area contributed by atoms with Crippen molar-refractivity contribution in [2.24, 2.45) is 0 Å². The largest absolute Gasteiger partial charge is 0.216 e. The Morgan fingerprint density at radius 1 is 1.04 bits per heavy atom. The van der Waals surface area contributed by atoms with Gasteiger partial charge in [-0.25, -0.2) is 13.1 Å². The fourth-order valence-corrected chi connectivity index (χ4v) is 4.34. The molecule has 124 valence electrons. The van der Waals surface area contributed by atoms with Crippen molar-refractivity contribution < 1.29 is 8.42 Å². The van der Waals surface area contributed by atoms with Gasteiger partial charge >= 0.3 is 0 Å². The van der Waals surface area contributed by atoms with E-state index < -0.39 is 10.0 Å². The van der Waals surface area contributed by atoms with Crippen LogP contribution in [0.25, 0.3) is 0 Å². The molecule has 0 amide bonds. The van der Waals surface area contributed by atoms with E-state index in [0.29, 0.717) is 10.6 Å². The van der Waals surface area contributed by atoms with Crippen molar-refractivity contribution >= 4 is 21.6 Å². The molecular weight excluding hydrogens is 330 g/mol. The number of halogens is 1. The second-order valence-corrected chi connectivity index (χ2v) is 8.14. The predicted octanol–water partition coefficient (Wildman–Crippen LogP) is 4.45. The molecule has 0 saturated carbocycles. The quantitative estimate of drug-likeness (QED) is 0.865. The lowest BCUT2D eigenvalue weighted by molar-refractivity contribution is 0.565. The van der Waals surface area contributed by atoms with E-state index in [-0.39, 0.29) is 11.8 Å². The summed E-state index contributed by atoms with van der Waals surface area (Å²) < 4.78 is 27.6. The molecule has 1 N–H and O–H groups in total. The average Bonchev–Trinajstić information content (AvgIpc) is 2.44. The van der Waals surface area contributed by atoms with E-state index in [9.17, 15) is 8.42 Å². The number of nitrogens with one attached hydrogen (secondary N) is 1. The van der Waals surface area contributed by atoms with Gasteiger partial charge in [-0.05, 0) is 61.6 Å². The van der Waals surface area contributed by atoms with Crippen LogP contribution in [0.2, 0.25) is 5.02 Å². The fraction of sp³-hybridized carbons (Fsp3) is 0.333. The average molecular weight is 352 g/mol. The molecule has 1 atom stereocenters. The molecule has 2 aromatic rings. The number of sulfonamides is 1. The topological polar surface area (TPSA) is 46.2 Å². The number of benzene rings is 2. The van der Waals surface area contributed by atoms with Gasteiger partial charge < -0.3 is 0 Å². The fourth-order valence-electron chi connectivity index (χ4n) is 2.64. The van der Waals surface area contributed by atoms with Crippen molar-refractivity contribution in [3.8, 4) is 0 Å². The maximum atomic E-state index is 12.4. The summed E-state index contributed by atoms with van der Waals surface area (Å²) in [4.78, 5) is 0. The van der Waals surface area contributed by atoms with E-state index in [1.807, 2.05) is 26.8 Å². The molecule has 0 saturated heterocycles. The predicted molar refractivity (Wildman–Crippen MR) is 96.3 cm³/mol. The molecule has 0 spiro atoms. The molecule has 0 aliphatic heterocycles. The molecule has 23 heavy (non-hydrogen) atoms. The Labute approximate surface area is 143 Å². The van der Waals surface area contributed by atoms with Gasteiger partial charge in [0.05, 0.1) is 5.75 Å². The molecule has 1 unspecified atom stereocenters. The van der Waals surface area contributed by atoms with E-state index in [1.165, 1.54) is 5.56 Å². The molecule has 0 radical (unpaired) electrons. The van der Waals surface area contributed by atoms with Crippen LogP contribution in [0.5, 0.6) is 0 Å². The minimum absolute atomic E-state index is 0.124. The molecule has 0 aliphatic carbocycles. The summed E-state index contributed by atoms with van der Waals surface area (Å²) in [7, 11) is -3.48. The van der Waals surface area contributed by atoms with E-state index in [1.54, 1.807) is 24.3 Å². The molecule has 2 rings (SSSR count). The van der Waals surface area contributed by atoms with Crippen LogP contribution >= 0.6 is 11.6 Å². The first-order chi connectivity index (χ1) is 10.7. The number of aryl methyl sites for hydroxylation is 3. The number of rotatable bonds is 5. The van der Waals surface area contributed by atoms with Gasteiger partial charge in [0, 0.05) is 11.1 Å². The van der Waals surface area contributed by atoms with Gasteiger partial charge in [-0.3, -0.25) is 0 Å². The monoisotopic (exact) mass is 351 g/mol. The Morgan fingerprint density at radius 2 is 1.65 bits per heavy atom. The van der Waals surface area contributed by atoms with Gasteiger partial charge in [0.25, 0.3) is 0 Å². The first-order valence-electron chi connectivity index (χ1n) is 7.51. The highest BCUT2D eigenvalue weighted by molar-refractivity contribution is 7.88. The van der Waals surface area contributed by atoms with Crippen LogP contribution < -0.4 is 4.72 Å². The summed E-state index contributed by atoms with van der Waals surface area (Å²) in [6.45, 7) is 7.95. The Kier molecular flexibility index (Phi) is 5.50. The summed E-state index contributed by atoms with van der Waals surface area (Å²) in [6.07, 6.45) is 0. The van der Waals surface area contributed by atoms with E-state index in [0.717, 1.165) is 16.7 Å². The third kappa shape index (κ3) is 4.56. The lowest BCUT2D eigenvalue weighted by atomic mass is 9.97. The molecule has 0 heterocycles. The zero-order chi connectivity index (χ0) is 17.2. The summed E-state index contributed by atoms with van der Waals surface area (Å²) >= 11 is 6.06. The van der Waals surface area contributed by atoms with Crippen molar-refractivity contribution in [1.29, 1.82) is 0 Å². The third-order valence-electron chi connectivity index (χ3n) is 4.01. The molecule has 2 aromatic carbocycles. The second-order valence-electron chi connectivity index (χ2n) is 5.98. The van der Waals surface area contributed by atoms with Crippen molar-refractivity contribution in [3.63, 3.8) is 0 Å². The number of hydrogen-bond acceptors (Lipinski definition) is 2. The van der Waals surface area contributed by atoms with Crippen molar-refractivity contribution in [1.82, 2.24) is 4.72 Å². The second kappa shape index (κ2) is 7.04. The van der Waals surface area contributed by atoms with Crippen LogP contribution in [0.4, 0.5) is 0 Å². The van der Waals surface area contributed by atoms with E-state index >= 15 is 0 Å². The first kappa shape index (κ1) is 18.0. The summed E-state index contributed by atoms with van der Waals surface area (Å²) in [5.74, 6) is -0.124. The molecular formula is C18H22ClNO2S. The van der Waals surface area contributed by atoms with Gasteiger partial charge in [0.15, 0.2) is 0 Å². The highest BCUT2D eigenvalue weighted by atomic mass is 35.5. The Bertz CT molecular complexity index is 816. The molecule has 0 fully saturated rings. The lowest BCUT2D eigenvalue weighted by Gasteiger charge is -2.18. The molecule has 5 heteroatoms. The Hall–Kier alpha value is -1.36. The summed E-state index contributed by atoms with van der Waals surface area (Å²) in [6, 6.07) is 10.8. The van der Waals surface area contributed by atoms with Crippen LogP contribution in [0.15, 0.2) is 36.4 Å². The Balaban J connectivity index is 2.20. The van der Waals surface area contributed by atoms with Crippen molar-refractivity contribution in [2.45, 2.75) is 39.5 Å². The molecule has 3 nitrogen and oxygen atoms in total. The lowest BCUT2D eigenvalue weighted by Crippen LogP contribution is -2.28. The highest BCUT2D eigenvalue weighted by Crippen LogP contribution is 2.23. The molecule has 0 bridgehead atoms. The van der Waals surface area contributed by atoms with Gasteiger partial charge in [0.1, 0.15) is 0 Å². The van der Waals surface area contributed by atoms with Crippen LogP contribution in [-0.2, 0) is 15.8 Å². The van der Waals surface area contributed by atoms with Crippen molar-refractivity contribution in [3.05, 3.63) is 69.2 Å². The maximum Gasteiger partial charge on any atom is 0.216 e. The minimum atomic E-state index is -3.48. The molecule has 0 aliphatic rings. The van der Waals surface area contributed by atoms with Crippen LogP contribution in [0.3, 0.4) is 0 Å². The Morgan fingerprint density at radius 3 is 2.30 bits per heavy atom. The van der Waals surface area contributed by atoms with Gasteiger partial charge in [-0.1, -0.05) is 41.9 Å². The van der Waals surface area contributed by atoms with E-state index in [4.69, 9.17) is 11.6 Å². The van der Waals surface area contributed by atoms with Crippen LogP contribution in [0.1, 0.15) is 40.8 Å². The van der Waals surface area contributed by atoms with Gasteiger partial charge in [-0.15, -0.1) is 0 Å². The normalized spacial score (nSPS) is 13.1. The number of hydrogen-bond donors (Lipinski definition) is 1. The highest BCUT2D eigenvalue weighted by Gasteiger charge is 2.19. The molecule has 0 aromatic heterocycles. The SMILES string of the molecule is Cc1cc(C)c(C(C)NS(=O)(=O)Cc2ccccc2Cl)cc1C. The summed E-state index contributed by atoms with van der Waals surface area (Å²) in [5, 5.41) is 0.466.